The van der Waals surface area contributed by atoms with Crippen LogP contribution in [-0.2, 0) is 9.53 Å². The maximum absolute atomic E-state index is 11.2. The van der Waals surface area contributed by atoms with Gasteiger partial charge >= 0.3 is 5.97 Å². The molecule has 0 spiro atoms. The van der Waals surface area contributed by atoms with Gasteiger partial charge in [0.15, 0.2) is 0 Å². The number of carbonyl (C=O) groups is 1. The zero-order valence-corrected chi connectivity index (χ0v) is 10.4. The minimum absolute atomic E-state index is 0.0899. The summed E-state index contributed by atoms with van der Waals surface area (Å²) in [6, 6.07) is 0. The second-order valence-electron chi connectivity index (χ2n) is 5.55. The van der Waals surface area contributed by atoms with Crippen molar-refractivity contribution in [1.82, 2.24) is 0 Å². The van der Waals surface area contributed by atoms with Gasteiger partial charge in [-0.05, 0) is 23.7 Å². The van der Waals surface area contributed by atoms with Crippen LogP contribution in [0.4, 0.5) is 0 Å². The SMILES string of the molecule is COC(=O)CC(CC(C)(C)C)C(C)C. The van der Waals surface area contributed by atoms with Crippen molar-refractivity contribution >= 4 is 5.97 Å². The highest BCUT2D eigenvalue weighted by Gasteiger charge is 2.23. The molecule has 14 heavy (non-hydrogen) atoms. The lowest BCUT2D eigenvalue weighted by Crippen LogP contribution is -2.21. The topological polar surface area (TPSA) is 26.3 Å². The zero-order chi connectivity index (χ0) is 11.4. The van der Waals surface area contributed by atoms with E-state index in [1.807, 2.05) is 0 Å². The lowest BCUT2D eigenvalue weighted by Gasteiger charge is -2.27. The number of hydrogen-bond acceptors (Lipinski definition) is 2. The number of esters is 1. The average Bonchev–Trinajstić information content (AvgIpc) is 2.00. The van der Waals surface area contributed by atoms with Crippen LogP contribution in [0.2, 0.25) is 0 Å². The molecule has 0 fully saturated rings. The van der Waals surface area contributed by atoms with Gasteiger partial charge in [0.2, 0.25) is 0 Å². The first-order valence-corrected chi connectivity index (χ1v) is 5.33. The van der Waals surface area contributed by atoms with Crippen LogP contribution < -0.4 is 0 Å². The molecule has 1 unspecified atom stereocenters. The lowest BCUT2D eigenvalue weighted by atomic mass is 9.78. The molecule has 0 radical (unpaired) electrons. The summed E-state index contributed by atoms with van der Waals surface area (Å²) >= 11 is 0. The molecule has 0 aliphatic heterocycles. The second-order valence-corrected chi connectivity index (χ2v) is 5.55. The fraction of sp³-hybridized carbons (Fsp3) is 0.917. The number of carbonyl (C=O) groups excluding carboxylic acids is 1. The standard InChI is InChI=1S/C12H24O2/c1-9(2)10(7-11(13)14-6)8-12(3,4)5/h9-10H,7-8H2,1-6H3. The Morgan fingerprint density at radius 3 is 2.07 bits per heavy atom. The molecule has 0 aromatic carbocycles. The summed E-state index contributed by atoms with van der Waals surface area (Å²) in [5.41, 5.74) is 0.281. The summed E-state index contributed by atoms with van der Waals surface area (Å²) in [6.45, 7) is 11.0. The normalized spacial score (nSPS) is 14.2. The first-order chi connectivity index (χ1) is 6.26. The van der Waals surface area contributed by atoms with Crippen LogP contribution in [0.25, 0.3) is 0 Å². The Morgan fingerprint density at radius 2 is 1.79 bits per heavy atom. The Hall–Kier alpha value is -0.530. The van der Waals surface area contributed by atoms with Crippen molar-refractivity contribution in [2.45, 2.75) is 47.5 Å². The fourth-order valence-electron chi connectivity index (χ4n) is 1.63. The Balaban J connectivity index is 4.24. The van der Waals surface area contributed by atoms with Gasteiger partial charge in [-0.3, -0.25) is 4.79 Å². The van der Waals surface area contributed by atoms with E-state index in [2.05, 4.69) is 34.6 Å². The molecular weight excluding hydrogens is 176 g/mol. The number of hydrogen-bond donors (Lipinski definition) is 0. The monoisotopic (exact) mass is 200 g/mol. The van der Waals surface area contributed by atoms with Gasteiger partial charge in [-0.15, -0.1) is 0 Å². The minimum Gasteiger partial charge on any atom is -0.469 e. The minimum atomic E-state index is -0.0899. The molecule has 2 nitrogen and oxygen atoms in total. The van der Waals surface area contributed by atoms with Crippen LogP contribution in [-0.4, -0.2) is 13.1 Å². The predicted molar refractivity (Wildman–Crippen MR) is 59.0 cm³/mol. The van der Waals surface area contributed by atoms with Crippen molar-refractivity contribution in [1.29, 1.82) is 0 Å². The predicted octanol–water partition coefficient (Wildman–Crippen LogP) is 3.26. The summed E-state index contributed by atoms with van der Waals surface area (Å²) < 4.78 is 4.71. The summed E-state index contributed by atoms with van der Waals surface area (Å²) in [7, 11) is 1.46. The molecule has 2 heteroatoms. The first kappa shape index (κ1) is 13.5. The largest absolute Gasteiger partial charge is 0.469 e. The maximum atomic E-state index is 11.2. The van der Waals surface area contributed by atoms with Crippen molar-refractivity contribution < 1.29 is 9.53 Å². The van der Waals surface area contributed by atoms with E-state index in [-0.39, 0.29) is 11.4 Å². The molecule has 0 saturated heterocycles. The Kier molecular flexibility index (Phi) is 5.17. The van der Waals surface area contributed by atoms with E-state index >= 15 is 0 Å². The molecule has 84 valence electrons. The molecule has 0 bridgehead atoms. The van der Waals surface area contributed by atoms with Gasteiger partial charge in [0.25, 0.3) is 0 Å². The van der Waals surface area contributed by atoms with E-state index in [1.54, 1.807) is 0 Å². The fourth-order valence-corrected chi connectivity index (χ4v) is 1.63. The Morgan fingerprint density at radius 1 is 1.29 bits per heavy atom. The second kappa shape index (κ2) is 5.38. The summed E-state index contributed by atoms with van der Waals surface area (Å²) in [4.78, 5) is 11.2. The highest BCUT2D eigenvalue weighted by Crippen LogP contribution is 2.31. The van der Waals surface area contributed by atoms with Gasteiger partial charge in [0, 0.05) is 6.42 Å². The molecule has 0 saturated carbocycles. The van der Waals surface area contributed by atoms with Crippen LogP contribution >= 0.6 is 0 Å². The molecule has 1 atom stereocenters. The lowest BCUT2D eigenvalue weighted by molar-refractivity contribution is -0.142. The van der Waals surface area contributed by atoms with Crippen molar-refractivity contribution in [3.05, 3.63) is 0 Å². The average molecular weight is 200 g/mol. The molecule has 0 aromatic rings. The van der Waals surface area contributed by atoms with Crippen LogP contribution in [0.5, 0.6) is 0 Å². The number of methoxy groups -OCH3 is 1. The van der Waals surface area contributed by atoms with Crippen LogP contribution in [0.3, 0.4) is 0 Å². The van der Waals surface area contributed by atoms with Crippen LogP contribution in [0.1, 0.15) is 47.5 Å². The molecule has 0 aromatic heterocycles. The third-order valence-corrected chi connectivity index (χ3v) is 2.47. The van der Waals surface area contributed by atoms with Crippen LogP contribution in [0, 0.1) is 17.3 Å². The van der Waals surface area contributed by atoms with Gasteiger partial charge in [-0.2, -0.15) is 0 Å². The highest BCUT2D eigenvalue weighted by atomic mass is 16.5. The molecule has 0 aliphatic rings. The van der Waals surface area contributed by atoms with Gasteiger partial charge in [-0.25, -0.2) is 0 Å². The zero-order valence-electron chi connectivity index (χ0n) is 10.4. The molecule has 0 N–H and O–H groups in total. The maximum Gasteiger partial charge on any atom is 0.305 e. The van der Waals surface area contributed by atoms with E-state index in [0.717, 1.165) is 6.42 Å². The summed E-state index contributed by atoms with van der Waals surface area (Å²) in [5, 5.41) is 0. The third-order valence-electron chi connectivity index (χ3n) is 2.47. The molecule has 0 heterocycles. The van der Waals surface area contributed by atoms with Gasteiger partial charge in [-0.1, -0.05) is 34.6 Å². The van der Waals surface area contributed by atoms with E-state index in [4.69, 9.17) is 4.74 Å². The smallest absolute Gasteiger partial charge is 0.305 e. The van der Waals surface area contributed by atoms with Gasteiger partial charge in [0.05, 0.1) is 7.11 Å². The van der Waals surface area contributed by atoms with Crippen molar-refractivity contribution in [2.75, 3.05) is 7.11 Å². The van der Waals surface area contributed by atoms with Gasteiger partial charge < -0.3 is 4.74 Å². The summed E-state index contributed by atoms with van der Waals surface area (Å²) in [6.07, 6.45) is 1.62. The van der Waals surface area contributed by atoms with Crippen molar-refractivity contribution in [2.24, 2.45) is 17.3 Å². The van der Waals surface area contributed by atoms with Crippen LogP contribution in [0.15, 0.2) is 0 Å². The highest BCUT2D eigenvalue weighted by molar-refractivity contribution is 5.69. The van der Waals surface area contributed by atoms with Crippen molar-refractivity contribution in [3.8, 4) is 0 Å². The van der Waals surface area contributed by atoms with E-state index < -0.39 is 0 Å². The quantitative estimate of drug-likeness (QED) is 0.651. The van der Waals surface area contributed by atoms with E-state index in [1.165, 1.54) is 7.11 Å². The van der Waals surface area contributed by atoms with E-state index in [0.29, 0.717) is 18.3 Å². The summed E-state index contributed by atoms with van der Waals surface area (Å²) in [5.74, 6) is 0.878. The third kappa shape index (κ3) is 6.01. The Labute approximate surface area is 88.0 Å². The first-order valence-electron chi connectivity index (χ1n) is 5.33. The molecular formula is C12H24O2. The van der Waals surface area contributed by atoms with Gasteiger partial charge in [0.1, 0.15) is 0 Å². The van der Waals surface area contributed by atoms with E-state index in [9.17, 15) is 4.79 Å². The molecule has 0 aliphatic carbocycles. The molecule has 0 rings (SSSR count). The number of ether oxygens (including phenoxy) is 1. The van der Waals surface area contributed by atoms with Crippen molar-refractivity contribution in [3.63, 3.8) is 0 Å². The Bertz CT molecular complexity index is 177. The number of rotatable bonds is 4. The molecule has 0 amide bonds.